The topological polar surface area (TPSA) is 109 Å². The highest BCUT2D eigenvalue weighted by atomic mass is 35.5. The second kappa shape index (κ2) is 10.8. The van der Waals surface area contributed by atoms with Crippen molar-refractivity contribution in [3.8, 4) is 5.75 Å². The average molecular weight is 515 g/mol. The summed E-state index contributed by atoms with van der Waals surface area (Å²) in [4.78, 5) is 16.3. The number of ether oxygens (including phenoxy) is 1. The molecule has 1 amide bonds. The number of para-hydroxylation sites is 1. The Labute approximate surface area is 210 Å². The zero-order chi connectivity index (χ0) is 24.3. The molecule has 1 heterocycles. The lowest BCUT2D eigenvalue weighted by Crippen LogP contribution is -2.16. The van der Waals surface area contributed by atoms with E-state index in [-0.39, 0.29) is 24.1 Å². The maximum Gasteiger partial charge on any atom is 0.232 e. The second-order valence-corrected chi connectivity index (χ2v) is 9.72. The maximum atomic E-state index is 12.2. The van der Waals surface area contributed by atoms with Crippen molar-refractivity contribution in [1.29, 1.82) is 0 Å². The number of nitrogens with zero attached hydrogens (tertiary/aromatic N) is 1. The maximum absolute atomic E-state index is 12.2. The number of hydrogen-bond donors (Lipinski definition) is 3. The predicted molar refractivity (Wildman–Crippen MR) is 145 cm³/mol. The molecule has 10 heteroatoms. The van der Waals surface area contributed by atoms with E-state index >= 15 is 0 Å². The number of pyridine rings is 1. The summed E-state index contributed by atoms with van der Waals surface area (Å²) in [5.41, 5.74) is 4.10. The number of nitrogens with one attached hydrogen (secondary N) is 3. The van der Waals surface area contributed by atoms with Crippen LogP contribution < -0.4 is 20.1 Å². The molecule has 8 nitrogen and oxygen atoms in total. The number of benzene rings is 3. The van der Waals surface area contributed by atoms with E-state index in [0.29, 0.717) is 29.2 Å². The Morgan fingerprint density at radius 2 is 1.69 bits per heavy atom. The minimum Gasteiger partial charge on any atom is -0.494 e. The number of hydrogen-bond acceptors (Lipinski definition) is 6. The van der Waals surface area contributed by atoms with Crippen LogP contribution in [0.2, 0.25) is 0 Å². The molecule has 0 saturated carbocycles. The van der Waals surface area contributed by atoms with Crippen molar-refractivity contribution in [3.63, 3.8) is 0 Å². The number of rotatable bonds is 8. The van der Waals surface area contributed by atoms with Crippen molar-refractivity contribution < 1.29 is 17.9 Å². The number of carbonyl (C=O) groups excluding carboxylic acids is 1. The largest absolute Gasteiger partial charge is 0.494 e. The third-order valence-electron chi connectivity index (χ3n) is 5.21. The van der Waals surface area contributed by atoms with Gasteiger partial charge in [-0.2, -0.15) is 0 Å². The van der Waals surface area contributed by atoms with E-state index in [2.05, 4.69) is 15.4 Å². The summed E-state index contributed by atoms with van der Waals surface area (Å²) in [5.74, 6) is 0.378. The van der Waals surface area contributed by atoms with E-state index in [1.54, 1.807) is 18.2 Å². The molecule has 0 fully saturated rings. The average Bonchev–Trinajstić information content (AvgIpc) is 2.78. The molecular formula is C25H27ClN4O4S. The van der Waals surface area contributed by atoms with Crippen molar-refractivity contribution in [2.24, 2.45) is 0 Å². The molecule has 0 radical (unpaired) electrons. The summed E-state index contributed by atoms with van der Waals surface area (Å²) in [6.07, 6.45) is 0.526. The van der Waals surface area contributed by atoms with E-state index in [1.807, 2.05) is 49.4 Å². The van der Waals surface area contributed by atoms with Crippen LogP contribution >= 0.6 is 12.4 Å². The highest BCUT2D eigenvalue weighted by Crippen LogP contribution is 2.37. The van der Waals surface area contributed by atoms with Crippen LogP contribution in [0.5, 0.6) is 5.75 Å². The van der Waals surface area contributed by atoms with Crippen LogP contribution in [0.25, 0.3) is 21.8 Å². The molecule has 3 aromatic carbocycles. The number of methoxy groups -OCH3 is 1. The van der Waals surface area contributed by atoms with Gasteiger partial charge in [0.2, 0.25) is 15.9 Å². The molecule has 0 spiro atoms. The number of anilines is 4. The van der Waals surface area contributed by atoms with Gasteiger partial charge in [0, 0.05) is 29.4 Å². The summed E-state index contributed by atoms with van der Waals surface area (Å²) >= 11 is 0. The number of amides is 1. The van der Waals surface area contributed by atoms with Gasteiger partial charge in [0.15, 0.2) is 0 Å². The Kier molecular flexibility index (Phi) is 8.03. The third kappa shape index (κ3) is 5.93. The minimum atomic E-state index is -3.42. The van der Waals surface area contributed by atoms with Crippen molar-refractivity contribution >= 4 is 72.9 Å². The first-order valence-corrected chi connectivity index (χ1v) is 12.5. The smallest absolute Gasteiger partial charge is 0.232 e. The van der Waals surface area contributed by atoms with Gasteiger partial charge in [-0.3, -0.25) is 9.52 Å². The number of sulfonamides is 1. The van der Waals surface area contributed by atoms with Crippen LogP contribution in [-0.4, -0.2) is 32.2 Å². The van der Waals surface area contributed by atoms with Crippen LogP contribution in [0.3, 0.4) is 0 Å². The number of halogens is 1. The highest BCUT2D eigenvalue weighted by molar-refractivity contribution is 7.92. The van der Waals surface area contributed by atoms with Crippen LogP contribution in [0.15, 0.2) is 60.7 Å². The summed E-state index contributed by atoms with van der Waals surface area (Å²) in [7, 11) is -1.88. The molecule has 0 saturated heterocycles. The first kappa shape index (κ1) is 26.1. The molecule has 3 N–H and O–H groups in total. The molecule has 0 aliphatic heterocycles. The fourth-order valence-electron chi connectivity index (χ4n) is 3.80. The molecule has 0 atom stereocenters. The van der Waals surface area contributed by atoms with E-state index in [1.165, 1.54) is 14.0 Å². The molecule has 4 rings (SSSR count). The van der Waals surface area contributed by atoms with Gasteiger partial charge in [0.25, 0.3) is 0 Å². The number of carbonyl (C=O) groups is 1. The van der Waals surface area contributed by atoms with Gasteiger partial charge in [-0.15, -0.1) is 12.4 Å². The summed E-state index contributed by atoms with van der Waals surface area (Å²) < 4.78 is 32.5. The van der Waals surface area contributed by atoms with Gasteiger partial charge in [0.1, 0.15) is 5.75 Å². The van der Waals surface area contributed by atoms with Crippen molar-refractivity contribution in [2.75, 3.05) is 28.2 Å². The van der Waals surface area contributed by atoms with Gasteiger partial charge in [-0.05, 0) is 42.8 Å². The number of fused-ring (bicyclic) bond motifs is 2. The lowest BCUT2D eigenvalue weighted by atomic mass is 10.1. The Balaban J connectivity index is 0.00000342. The van der Waals surface area contributed by atoms with Gasteiger partial charge in [-0.25, -0.2) is 13.4 Å². The first-order chi connectivity index (χ1) is 16.3. The van der Waals surface area contributed by atoms with Crippen LogP contribution in [0, 0.1) is 0 Å². The van der Waals surface area contributed by atoms with Gasteiger partial charge in [0.05, 0.1) is 41.0 Å². The van der Waals surface area contributed by atoms with Crippen molar-refractivity contribution in [2.45, 2.75) is 20.3 Å². The molecule has 0 unspecified atom stereocenters. The van der Waals surface area contributed by atoms with E-state index < -0.39 is 10.0 Å². The summed E-state index contributed by atoms with van der Waals surface area (Å²) in [5, 5.41) is 8.02. The molecule has 1 aromatic heterocycles. The van der Waals surface area contributed by atoms with Crippen LogP contribution in [0.4, 0.5) is 22.7 Å². The zero-order valence-electron chi connectivity index (χ0n) is 19.6. The Morgan fingerprint density at radius 1 is 0.971 bits per heavy atom. The lowest BCUT2D eigenvalue weighted by molar-refractivity contribution is -0.114. The highest BCUT2D eigenvalue weighted by Gasteiger charge is 2.15. The van der Waals surface area contributed by atoms with Crippen molar-refractivity contribution in [3.05, 3.63) is 60.7 Å². The van der Waals surface area contributed by atoms with Gasteiger partial charge >= 0.3 is 0 Å². The van der Waals surface area contributed by atoms with Crippen molar-refractivity contribution in [1.82, 2.24) is 4.98 Å². The monoisotopic (exact) mass is 514 g/mol. The minimum absolute atomic E-state index is 0. The van der Waals surface area contributed by atoms with E-state index in [4.69, 9.17) is 9.72 Å². The van der Waals surface area contributed by atoms with Gasteiger partial charge < -0.3 is 15.4 Å². The molecule has 35 heavy (non-hydrogen) atoms. The zero-order valence-corrected chi connectivity index (χ0v) is 21.2. The van der Waals surface area contributed by atoms with E-state index in [0.717, 1.165) is 27.5 Å². The SMILES string of the molecule is CCCS(=O)(=O)Nc1ccc(Nc2c3ccccc3nc3cc(NC(C)=O)ccc23)c(OC)c1.Cl. The standard InChI is InChI=1S/C25H26N4O4S.ClH/c1-4-13-34(31,32)29-18-10-12-22(24(15-18)33-3)28-25-19-7-5-6-8-21(19)27-23-14-17(26-16(2)30)9-11-20(23)25;/h5-12,14-15,29H,4,13H2,1-3H3,(H,26,30)(H,27,28);1H. The lowest BCUT2D eigenvalue weighted by Gasteiger charge is -2.17. The Hall–Kier alpha value is -3.56. The molecule has 184 valence electrons. The molecule has 0 bridgehead atoms. The molecule has 0 aliphatic rings. The predicted octanol–water partition coefficient (Wildman–Crippen LogP) is 5.67. The fraction of sp³-hybridized carbons (Fsp3) is 0.200. The Morgan fingerprint density at radius 3 is 2.40 bits per heavy atom. The fourth-order valence-corrected chi connectivity index (χ4v) is 4.93. The van der Waals surface area contributed by atoms with E-state index in [9.17, 15) is 13.2 Å². The Bertz CT molecular complexity index is 1490. The van der Waals surface area contributed by atoms with Crippen LogP contribution in [0.1, 0.15) is 20.3 Å². The molecular weight excluding hydrogens is 488 g/mol. The quantitative estimate of drug-likeness (QED) is 0.261. The second-order valence-electron chi connectivity index (χ2n) is 7.88. The summed E-state index contributed by atoms with van der Waals surface area (Å²) in [6.45, 7) is 3.28. The van der Waals surface area contributed by atoms with Crippen LogP contribution in [-0.2, 0) is 14.8 Å². The summed E-state index contributed by atoms with van der Waals surface area (Å²) in [6, 6.07) is 18.4. The molecule has 0 aliphatic carbocycles. The normalized spacial score (nSPS) is 11.1. The first-order valence-electron chi connectivity index (χ1n) is 10.9. The third-order valence-corrected chi connectivity index (χ3v) is 6.70. The number of aromatic nitrogens is 1. The molecule has 4 aromatic rings. The van der Waals surface area contributed by atoms with Gasteiger partial charge in [-0.1, -0.05) is 25.1 Å².